The average molecular weight is 564 g/mol. The van der Waals surface area contributed by atoms with Crippen molar-refractivity contribution in [3.8, 4) is 0 Å². The number of rotatable bonds is 10. The van der Waals surface area contributed by atoms with Gasteiger partial charge in [0.15, 0.2) is 11.9 Å². The highest BCUT2D eigenvalue weighted by molar-refractivity contribution is 5.94. The summed E-state index contributed by atoms with van der Waals surface area (Å²) in [6.45, 7) is 7.13. The largest absolute Gasteiger partial charge is 0.466 e. The molecule has 0 bridgehead atoms. The number of ketones is 1. The minimum Gasteiger partial charge on any atom is -0.466 e. The summed E-state index contributed by atoms with van der Waals surface area (Å²) in [5, 5.41) is 2.49. The third-order valence-electron chi connectivity index (χ3n) is 6.00. The summed E-state index contributed by atoms with van der Waals surface area (Å²) in [6, 6.07) is 7.54. The molecule has 2 rings (SSSR count). The predicted octanol–water partition coefficient (Wildman–Crippen LogP) is 2.44. The lowest BCUT2D eigenvalue weighted by atomic mass is 9.74. The Morgan fingerprint density at radius 3 is 2.23 bits per heavy atom. The summed E-state index contributed by atoms with van der Waals surface area (Å²) in [5.41, 5.74) is -2.07. The fourth-order valence-corrected chi connectivity index (χ4v) is 4.40. The van der Waals surface area contributed by atoms with Crippen molar-refractivity contribution in [2.24, 2.45) is 5.92 Å². The lowest BCUT2D eigenvalue weighted by molar-refractivity contribution is -0.195. The van der Waals surface area contributed by atoms with Crippen LogP contribution in [0.3, 0.4) is 0 Å². The molecule has 0 spiro atoms. The maximum absolute atomic E-state index is 13.4. The zero-order valence-electron chi connectivity index (χ0n) is 23.6. The van der Waals surface area contributed by atoms with Crippen molar-refractivity contribution in [3.63, 3.8) is 0 Å². The van der Waals surface area contributed by atoms with Gasteiger partial charge in [-0.15, -0.1) is 0 Å². The molecule has 0 unspecified atom stereocenters. The summed E-state index contributed by atoms with van der Waals surface area (Å²) in [6.07, 6.45) is -3.14. The maximum Gasteiger partial charge on any atom is 0.408 e. The first-order valence-corrected chi connectivity index (χ1v) is 12.8. The molecule has 1 aliphatic rings. The van der Waals surface area contributed by atoms with E-state index in [9.17, 15) is 28.8 Å². The summed E-state index contributed by atoms with van der Waals surface area (Å²) < 4.78 is 26.1. The molecule has 0 saturated heterocycles. The molecule has 4 atom stereocenters. The number of hydrogen-bond acceptors (Lipinski definition) is 11. The zero-order valence-corrected chi connectivity index (χ0v) is 23.6. The van der Waals surface area contributed by atoms with E-state index in [0.29, 0.717) is 5.56 Å². The Bertz CT molecular complexity index is 1100. The van der Waals surface area contributed by atoms with Crippen molar-refractivity contribution < 1.29 is 52.5 Å². The van der Waals surface area contributed by atoms with Gasteiger partial charge in [-0.1, -0.05) is 30.3 Å². The SMILES string of the molecule is COC(=O)[C@]1(OC(C)=O)C[C@H](CCOC(C)=O)C(=O)[C@H](OC(=O)[C@H](Cc2ccccc2)NC(=O)OC(C)(C)C)C1. The van der Waals surface area contributed by atoms with E-state index in [2.05, 4.69) is 5.32 Å². The Labute approximate surface area is 233 Å². The van der Waals surface area contributed by atoms with Gasteiger partial charge in [0.2, 0.25) is 5.60 Å². The standard InChI is InChI=1S/C28H37NO11/c1-17(30)37-13-12-20-15-28(25(34)36-6,39-18(2)31)16-22(23(20)32)38-24(33)21(14-19-10-8-7-9-11-19)29-26(35)40-27(3,4)5/h7-11,20-22H,12-16H2,1-6H3,(H,29,35)/t20-,21-,22+,28-/m0/s1. The molecule has 12 heteroatoms. The topological polar surface area (TPSA) is 161 Å². The fourth-order valence-electron chi connectivity index (χ4n) is 4.40. The quantitative estimate of drug-likeness (QED) is 0.329. The molecule has 0 aliphatic heterocycles. The van der Waals surface area contributed by atoms with Crippen LogP contribution in [0.15, 0.2) is 30.3 Å². The Hall–Kier alpha value is -3.96. The van der Waals surface area contributed by atoms with Crippen molar-refractivity contribution in [2.75, 3.05) is 13.7 Å². The van der Waals surface area contributed by atoms with Crippen molar-refractivity contribution in [2.45, 2.75) is 83.6 Å². The van der Waals surface area contributed by atoms with E-state index in [-0.39, 0.29) is 25.9 Å². The number of hydrogen-bond donors (Lipinski definition) is 1. The van der Waals surface area contributed by atoms with Gasteiger partial charge < -0.3 is 29.0 Å². The first-order chi connectivity index (χ1) is 18.7. The van der Waals surface area contributed by atoms with Crippen LogP contribution in [0.25, 0.3) is 0 Å². The van der Waals surface area contributed by atoms with Gasteiger partial charge in [-0.25, -0.2) is 14.4 Å². The van der Waals surface area contributed by atoms with Crippen molar-refractivity contribution in [1.29, 1.82) is 0 Å². The molecule has 220 valence electrons. The minimum absolute atomic E-state index is 0.0157. The van der Waals surface area contributed by atoms with Crippen molar-refractivity contribution in [3.05, 3.63) is 35.9 Å². The predicted molar refractivity (Wildman–Crippen MR) is 139 cm³/mol. The number of Topliss-reactive ketones (excluding diaryl/α,β-unsaturated/α-hetero) is 1. The monoisotopic (exact) mass is 563 g/mol. The van der Waals surface area contributed by atoms with E-state index in [1.807, 2.05) is 0 Å². The Morgan fingerprint density at radius 1 is 1.02 bits per heavy atom. The highest BCUT2D eigenvalue weighted by atomic mass is 16.6. The lowest BCUT2D eigenvalue weighted by Crippen LogP contribution is -2.57. The molecule has 1 N–H and O–H groups in total. The smallest absolute Gasteiger partial charge is 0.408 e. The van der Waals surface area contributed by atoms with Crippen LogP contribution < -0.4 is 5.32 Å². The van der Waals surface area contributed by atoms with Gasteiger partial charge in [-0.05, 0) is 32.8 Å². The summed E-state index contributed by atoms with van der Waals surface area (Å²) in [4.78, 5) is 75.4. The van der Waals surface area contributed by atoms with Gasteiger partial charge in [-0.2, -0.15) is 0 Å². The van der Waals surface area contributed by atoms with Crippen molar-refractivity contribution >= 4 is 35.8 Å². The molecule has 40 heavy (non-hydrogen) atoms. The van der Waals surface area contributed by atoms with Crippen LogP contribution in [0.2, 0.25) is 0 Å². The fraction of sp³-hybridized carbons (Fsp3) is 0.571. The highest BCUT2D eigenvalue weighted by Gasteiger charge is 2.55. The van der Waals surface area contributed by atoms with E-state index in [0.717, 1.165) is 14.0 Å². The van der Waals surface area contributed by atoms with Crippen molar-refractivity contribution in [1.82, 2.24) is 5.32 Å². The normalized spacial score (nSPS) is 21.4. The molecule has 0 radical (unpaired) electrons. The molecule has 1 aliphatic carbocycles. The number of alkyl carbamates (subject to hydrolysis) is 1. The first kappa shape index (κ1) is 32.3. The van der Waals surface area contributed by atoms with Crippen LogP contribution in [0.4, 0.5) is 4.79 Å². The number of nitrogens with one attached hydrogen (secondary N) is 1. The van der Waals surface area contributed by atoms with Crippen LogP contribution >= 0.6 is 0 Å². The molecule has 1 saturated carbocycles. The summed E-state index contributed by atoms with van der Waals surface area (Å²) in [5.74, 6) is -4.80. The Balaban J connectivity index is 2.37. The van der Waals surface area contributed by atoms with E-state index in [1.165, 1.54) is 6.92 Å². The van der Waals surface area contributed by atoms with Crippen LogP contribution in [0, 0.1) is 5.92 Å². The molecule has 12 nitrogen and oxygen atoms in total. The summed E-state index contributed by atoms with van der Waals surface area (Å²) in [7, 11) is 1.10. The minimum atomic E-state index is -1.92. The molecule has 0 heterocycles. The van der Waals surface area contributed by atoms with E-state index in [1.54, 1.807) is 51.1 Å². The van der Waals surface area contributed by atoms with Gasteiger partial charge in [0.1, 0.15) is 11.6 Å². The lowest BCUT2D eigenvalue weighted by Gasteiger charge is -2.40. The van der Waals surface area contributed by atoms with Gasteiger partial charge >= 0.3 is 30.0 Å². The van der Waals surface area contributed by atoms with Gasteiger partial charge in [-0.3, -0.25) is 14.4 Å². The second-order valence-electron chi connectivity index (χ2n) is 10.5. The van der Waals surface area contributed by atoms with E-state index >= 15 is 0 Å². The Morgan fingerprint density at radius 2 is 1.68 bits per heavy atom. The van der Waals surface area contributed by atoms with Crippen LogP contribution in [0.1, 0.15) is 59.4 Å². The third kappa shape index (κ3) is 9.65. The second kappa shape index (κ2) is 13.9. The number of carbonyl (C=O) groups excluding carboxylic acids is 6. The number of benzene rings is 1. The van der Waals surface area contributed by atoms with Gasteiger partial charge in [0.05, 0.1) is 13.7 Å². The van der Waals surface area contributed by atoms with E-state index in [4.69, 9.17) is 23.7 Å². The Kier molecular flexibility index (Phi) is 11.2. The highest BCUT2D eigenvalue weighted by Crippen LogP contribution is 2.38. The maximum atomic E-state index is 13.4. The molecular formula is C28H37NO11. The zero-order chi connectivity index (χ0) is 30.1. The van der Waals surface area contributed by atoms with E-state index < -0.39 is 71.4 Å². The number of methoxy groups -OCH3 is 1. The van der Waals surface area contributed by atoms with Gasteiger partial charge in [0.25, 0.3) is 0 Å². The molecule has 1 amide bonds. The second-order valence-corrected chi connectivity index (χ2v) is 10.5. The van der Waals surface area contributed by atoms with Crippen LogP contribution in [-0.4, -0.2) is 72.8 Å². The molecule has 0 aromatic heterocycles. The molecular weight excluding hydrogens is 526 g/mol. The molecule has 1 aromatic carbocycles. The number of amides is 1. The average Bonchev–Trinajstić information content (AvgIpc) is 2.84. The molecule has 1 aromatic rings. The number of carbonyl (C=O) groups is 6. The number of esters is 4. The van der Waals surface area contributed by atoms with Crippen LogP contribution in [0.5, 0.6) is 0 Å². The number of ether oxygens (including phenoxy) is 5. The summed E-state index contributed by atoms with van der Waals surface area (Å²) >= 11 is 0. The van der Waals surface area contributed by atoms with Crippen LogP contribution in [-0.2, 0) is 54.1 Å². The van der Waals surface area contributed by atoms with Gasteiger partial charge in [0, 0.05) is 39.0 Å². The third-order valence-corrected chi connectivity index (χ3v) is 6.00. The molecule has 1 fully saturated rings. The first-order valence-electron chi connectivity index (χ1n) is 12.8.